The minimum Gasteiger partial charge on any atom is -0.473 e. The quantitative estimate of drug-likeness (QED) is 0.677. The smallest absolute Gasteiger partial charge is 0.233 e. The Morgan fingerprint density at radius 3 is 2.34 bits per heavy atom. The Bertz CT molecular complexity index is 1090. The number of halogens is 1. The maximum Gasteiger partial charge on any atom is 0.233 e. The number of nitrogens with one attached hydrogen (secondary N) is 1. The fraction of sp³-hybridized carbons (Fsp3) is 0.593. The van der Waals surface area contributed by atoms with Gasteiger partial charge in [0.15, 0.2) is 5.82 Å². The average molecular weight is 493 g/mol. The molecule has 184 valence electrons. The van der Waals surface area contributed by atoms with Crippen molar-refractivity contribution in [3.8, 4) is 11.9 Å². The molecular weight excluding hydrogens is 460 g/mol. The van der Waals surface area contributed by atoms with Crippen LogP contribution in [-0.2, 0) is 0 Å². The molecule has 6 rings (SSSR count). The van der Waals surface area contributed by atoms with E-state index in [1.165, 1.54) is 19.3 Å². The van der Waals surface area contributed by atoms with Gasteiger partial charge in [0.1, 0.15) is 12.2 Å². The van der Waals surface area contributed by atoms with E-state index in [0.29, 0.717) is 33.4 Å². The number of ether oxygens (including phenoxy) is 1. The van der Waals surface area contributed by atoms with Gasteiger partial charge in [0.2, 0.25) is 5.88 Å². The zero-order valence-corrected chi connectivity index (χ0v) is 20.9. The molecule has 0 atom stereocenters. The summed E-state index contributed by atoms with van der Waals surface area (Å²) < 4.78 is 6.13. The molecule has 4 heterocycles. The molecule has 1 saturated carbocycles. The van der Waals surface area contributed by atoms with Crippen LogP contribution in [0.5, 0.6) is 5.88 Å². The largest absolute Gasteiger partial charge is 0.473 e. The van der Waals surface area contributed by atoms with Crippen LogP contribution in [0.15, 0.2) is 30.3 Å². The summed E-state index contributed by atoms with van der Waals surface area (Å²) in [5.41, 5.74) is 2.50. The second-order valence-corrected chi connectivity index (χ2v) is 11.5. The van der Waals surface area contributed by atoms with Crippen LogP contribution in [0.3, 0.4) is 0 Å². The van der Waals surface area contributed by atoms with Gasteiger partial charge >= 0.3 is 0 Å². The van der Waals surface area contributed by atoms with E-state index in [1.807, 2.05) is 24.3 Å². The maximum absolute atomic E-state index is 9.14. The Labute approximate surface area is 212 Å². The Balaban J connectivity index is 1.01. The average Bonchev–Trinajstić information content (AvgIpc) is 3.28. The molecule has 1 aromatic heterocycles. The highest BCUT2D eigenvalue weighted by molar-refractivity contribution is 6.32. The van der Waals surface area contributed by atoms with Crippen LogP contribution >= 0.6 is 11.6 Å². The molecule has 0 amide bonds. The third-order valence-electron chi connectivity index (χ3n) is 8.92. The number of nitrogens with zero attached hydrogens (tertiary/aromatic N) is 5. The van der Waals surface area contributed by atoms with Gasteiger partial charge < -0.3 is 19.9 Å². The van der Waals surface area contributed by atoms with Crippen LogP contribution < -0.4 is 19.9 Å². The SMILES string of the molecule is N#Cc1ccc(N2CCC3(CCN(c4ccc(OC5CC6(CCNCC6)C5)nn4)CC3)C2)cc1Cl. The van der Waals surface area contributed by atoms with Crippen molar-refractivity contribution >= 4 is 23.1 Å². The van der Waals surface area contributed by atoms with Crippen molar-refractivity contribution in [1.82, 2.24) is 15.5 Å². The van der Waals surface area contributed by atoms with Crippen molar-refractivity contribution in [1.29, 1.82) is 5.26 Å². The fourth-order valence-electron chi connectivity index (χ4n) is 6.64. The summed E-state index contributed by atoms with van der Waals surface area (Å²) in [4.78, 5) is 4.78. The van der Waals surface area contributed by atoms with Crippen LogP contribution in [0, 0.1) is 22.2 Å². The molecule has 1 aliphatic carbocycles. The number of benzene rings is 1. The molecule has 0 unspecified atom stereocenters. The van der Waals surface area contributed by atoms with Gasteiger partial charge in [-0.1, -0.05) is 11.6 Å². The van der Waals surface area contributed by atoms with E-state index >= 15 is 0 Å². The highest BCUT2D eigenvalue weighted by Crippen LogP contribution is 2.49. The first-order valence-electron chi connectivity index (χ1n) is 13.0. The summed E-state index contributed by atoms with van der Waals surface area (Å²) in [6.45, 7) is 6.35. The van der Waals surface area contributed by atoms with Crippen molar-refractivity contribution in [2.45, 2.75) is 51.0 Å². The van der Waals surface area contributed by atoms with Crippen LogP contribution in [0.4, 0.5) is 11.5 Å². The number of anilines is 2. The van der Waals surface area contributed by atoms with Gasteiger partial charge in [0.25, 0.3) is 0 Å². The van der Waals surface area contributed by atoms with Gasteiger partial charge in [-0.15, -0.1) is 10.2 Å². The number of piperidine rings is 2. The van der Waals surface area contributed by atoms with E-state index in [1.54, 1.807) is 0 Å². The summed E-state index contributed by atoms with van der Waals surface area (Å²) in [6, 6.07) is 12.0. The van der Waals surface area contributed by atoms with Crippen LogP contribution in [0.25, 0.3) is 0 Å². The molecule has 0 radical (unpaired) electrons. The molecule has 0 bridgehead atoms. The lowest BCUT2D eigenvalue weighted by Gasteiger charge is -2.49. The molecule has 7 nitrogen and oxygen atoms in total. The second-order valence-electron chi connectivity index (χ2n) is 11.1. The molecular formula is C27H33ClN6O. The standard InChI is InChI=1S/C27H33ClN6O/c28-23-15-21(2-1-20(23)18-29)34-14-9-26(19-34)7-12-33(13-8-26)24-3-4-25(32-31-24)35-22-16-27(17-22)5-10-30-11-6-27/h1-4,15,22,30H,5-14,16-17,19H2. The molecule has 1 aromatic carbocycles. The Morgan fingerprint density at radius 1 is 0.943 bits per heavy atom. The van der Waals surface area contributed by atoms with Crippen molar-refractivity contribution in [3.63, 3.8) is 0 Å². The minimum absolute atomic E-state index is 0.291. The lowest BCUT2D eigenvalue weighted by molar-refractivity contribution is -0.0371. The lowest BCUT2D eigenvalue weighted by atomic mass is 9.62. The van der Waals surface area contributed by atoms with Crippen molar-refractivity contribution < 1.29 is 4.74 Å². The predicted molar refractivity (Wildman–Crippen MR) is 137 cm³/mol. The topological polar surface area (TPSA) is 77.3 Å². The molecule has 2 spiro atoms. The predicted octanol–water partition coefficient (Wildman–Crippen LogP) is 4.41. The van der Waals surface area contributed by atoms with E-state index in [2.05, 4.69) is 37.4 Å². The van der Waals surface area contributed by atoms with Crippen molar-refractivity contribution in [2.75, 3.05) is 49.1 Å². The molecule has 3 aliphatic heterocycles. The van der Waals surface area contributed by atoms with Crippen LogP contribution in [-0.4, -0.2) is 55.6 Å². The number of rotatable bonds is 4. The summed E-state index contributed by atoms with van der Waals surface area (Å²) in [7, 11) is 0. The molecule has 35 heavy (non-hydrogen) atoms. The monoisotopic (exact) mass is 492 g/mol. The second kappa shape index (κ2) is 9.15. The third kappa shape index (κ3) is 4.54. The molecule has 4 aliphatic rings. The van der Waals surface area contributed by atoms with E-state index in [4.69, 9.17) is 21.6 Å². The summed E-state index contributed by atoms with van der Waals surface area (Å²) in [5, 5.41) is 22.0. The number of hydrogen-bond acceptors (Lipinski definition) is 7. The summed E-state index contributed by atoms with van der Waals surface area (Å²) in [6.07, 6.45) is 8.62. The van der Waals surface area contributed by atoms with E-state index in [9.17, 15) is 0 Å². The van der Waals surface area contributed by atoms with Gasteiger partial charge in [-0.3, -0.25) is 0 Å². The molecule has 2 aromatic rings. The maximum atomic E-state index is 9.14. The normalized spacial score (nSPS) is 23.3. The van der Waals surface area contributed by atoms with Crippen molar-refractivity contribution in [2.24, 2.45) is 10.8 Å². The number of aromatic nitrogens is 2. The lowest BCUT2D eigenvalue weighted by Crippen LogP contribution is -2.49. The van der Waals surface area contributed by atoms with E-state index in [-0.39, 0.29) is 0 Å². The minimum atomic E-state index is 0.291. The zero-order chi connectivity index (χ0) is 23.9. The van der Waals surface area contributed by atoms with E-state index < -0.39 is 0 Å². The van der Waals surface area contributed by atoms with Gasteiger partial charge in [-0.25, -0.2) is 0 Å². The zero-order valence-electron chi connectivity index (χ0n) is 20.2. The Kier molecular flexibility index (Phi) is 5.98. The molecule has 8 heteroatoms. The Hall–Kier alpha value is -2.56. The van der Waals surface area contributed by atoms with E-state index in [0.717, 1.165) is 76.5 Å². The first-order chi connectivity index (χ1) is 17.1. The van der Waals surface area contributed by atoms with Gasteiger partial charge in [-0.2, -0.15) is 5.26 Å². The van der Waals surface area contributed by atoms with Gasteiger partial charge in [-0.05, 0) is 93.1 Å². The van der Waals surface area contributed by atoms with Crippen molar-refractivity contribution in [3.05, 3.63) is 40.9 Å². The van der Waals surface area contributed by atoms with Gasteiger partial charge in [0.05, 0.1) is 10.6 Å². The summed E-state index contributed by atoms with van der Waals surface area (Å²) in [5.74, 6) is 1.60. The highest BCUT2D eigenvalue weighted by Gasteiger charge is 2.46. The molecule has 1 N–H and O–H groups in total. The summed E-state index contributed by atoms with van der Waals surface area (Å²) >= 11 is 6.28. The molecule has 3 saturated heterocycles. The Morgan fingerprint density at radius 2 is 1.69 bits per heavy atom. The van der Waals surface area contributed by atoms with Crippen LogP contribution in [0.2, 0.25) is 5.02 Å². The fourth-order valence-corrected chi connectivity index (χ4v) is 6.85. The van der Waals surface area contributed by atoms with Gasteiger partial charge in [0, 0.05) is 37.9 Å². The first kappa shape index (κ1) is 22.9. The first-order valence-corrected chi connectivity index (χ1v) is 13.3. The third-order valence-corrected chi connectivity index (χ3v) is 9.24. The van der Waals surface area contributed by atoms with Crippen LogP contribution in [0.1, 0.15) is 50.5 Å². The molecule has 4 fully saturated rings. The highest BCUT2D eigenvalue weighted by atomic mass is 35.5. The number of nitriles is 1. The number of hydrogen-bond donors (Lipinski definition) is 1.